The maximum atomic E-state index is 6.54. The van der Waals surface area contributed by atoms with Crippen molar-refractivity contribution in [3.63, 3.8) is 0 Å². The predicted octanol–water partition coefficient (Wildman–Crippen LogP) is 10.3. The summed E-state index contributed by atoms with van der Waals surface area (Å²) in [5, 5.41) is 0. The minimum Gasteiger partial charge on any atom is -0.399 e. The van der Waals surface area contributed by atoms with Crippen LogP contribution in [0.2, 0.25) is 0 Å². The lowest BCUT2D eigenvalue weighted by atomic mass is 9.68. The molecule has 0 saturated carbocycles. The van der Waals surface area contributed by atoms with Gasteiger partial charge in [0.1, 0.15) is 0 Å². The zero-order chi connectivity index (χ0) is 28.8. The molecule has 0 aromatic heterocycles. The van der Waals surface area contributed by atoms with E-state index in [1.807, 2.05) is 0 Å². The normalized spacial score (nSPS) is 18.2. The fraction of sp³-hybridized carbons (Fsp3) is 0.676. The van der Waals surface area contributed by atoms with Gasteiger partial charge in [-0.3, -0.25) is 0 Å². The topological polar surface area (TPSA) is 18.5 Å². The van der Waals surface area contributed by atoms with Gasteiger partial charge in [0.15, 0.2) is 0 Å². The third kappa shape index (κ3) is 6.57. The van der Waals surface area contributed by atoms with Gasteiger partial charge in [-0.05, 0) is 80.2 Å². The van der Waals surface area contributed by atoms with Crippen LogP contribution in [0.25, 0.3) is 11.1 Å². The summed E-state index contributed by atoms with van der Waals surface area (Å²) < 4.78 is 13.1. The Balaban J connectivity index is 1.70. The summed E-state index contributed by atoms with van der Waals surface area (Å²) in [4.78, 5) is 0. The van der Waals surface area contributed by atoms with Crippen molar-refractivity contribution in [2.75, 3.05) is 0 Å². The van der Waals surface area contributed by atoms with E-state index in [2.05, 4.69) is 84.9 Å². The highest BCUT2D eigenvalue weighted by Gasteiger charge is 2.52. The molecule has 1 heterocycles. The fourth-order valence-corrected chi connectivity index (χ4v) is 6.98. The Morgan fingerprint density at radius 1 is 0.575 bits per heavy atom. The molecule has 1 aliphatic heterocycles. The number of hydrogen-bond donors (Lipinski definition) is 0. The van der Waals surface area contributed by atoms with Crippen molar-refractivity contribution < 1.29 is 9.31 Å². The smallest absolute Gasteiger partial charge is 0.399 e. The summed E-state index contributed by atoms with van der Waals surface area (Å²) in [6.07, 6.45) is 19.7. The van der Waals surface area contributed by atoms with Crippen LogP contribution in [0.5, 0.6) is 0 Å². The molecule has 0 atom stereocenters. The van der Waals surface area contributed by atoms with Crippen molar-refractivity contribution in [1.82, 2.24) is 0 Å². The first-order valence-electron chi connectivity index (χ1n) is 16.8. The maximum absolute atomic E-state index is 6.54. The molecule has 3 heteroatoms. The predicted molar refractivity (Wildman–Crippen MR) is 174 cm³/mol. The molecular weight excluding hydrogens is 487 g/mol. The summed E-state index contributed by atoms with van der Waals surface area (Å²) in [7, 11) is -0.314. The largest absolute Gasteiger partial charge is 0.494 e. The van der Waals surface area contributed by atoms with Gasteiger partial charge in [-0.2, -0.15) is 0 Å². The van der Waals surface area contributed by atoms with Crippen molar-refractivity contribution in [1.29, 1.82) is 0 Å². The van der Waals surface area contributed by atoms with Gasteiger partial charge in [-0.1, -0.05) is 134 Å². The van der Waals surface area contributed by atoms with Gasteiger partial charge in [0.2, 0.25) is 0 Å². The minimum atomic E-state index is -0.330. The number of aryl methyl sites for hydroxylation is 1. The number of fused-ring (bicyclic) bond motifs is 3. The molecule has 0 N–H and O–H groups in total. The molecule has 0 bridgehead atoms. The van der Waals surface area contributed by atoms with E-state index in [0.717, 1.165) is 6.42 Å². The zero-order valence-electron chi connectivity index (χ0n) is 27.0. The average molecular weight is 545 g/mol. The molecule has 0 radical (unpaired) electrons. The van der Waals surface area contributed by atoms with Crippen LogP contribution in [0.4, 0.5) is 0 Å². The van der Waals surface area contributed by atoms with Crippen molar-refractivity contribution in [3.05, 3.63) is 53.1 Å². The molecule has 4 rings (SSSR count). The van der Waals surface area contributed by atoms with Gasteiger partial charge in [-0.15, -0.1) is 0 Å². The molecular formula is C37H57BO2. The van der Waals surface area contributed by atoms with E-state index in [0.29, 0.717) is 0 Å². The van der Waals surface area contributed by atoms with E-state index in [1.54, 1.807) is 5.56 Å². The van der Waals surface area contributed by atoms with Gasteiger partial charge >= 0.3 is 7.12 Å². The number of benzene rings is 2. The second-order valence-corrected chi connectivity index (χ2v) is 13.7. The van der Waals surface area contributed by atoms with Crippen LogP contribution in [0.1, 0.15) is 155 Å². The van der Waals surface area contributed by atoms with Crippen molar-refractivity contribution >= 4 is 12.6 Å². The Hall–Kier alpha value is -1.58. The second-order valence-electron chi connectivity index (χ2n) is 13.7. The quantitative estimate of drug-likeness (QED) is 0.155. The Kier molecular flexibility index (Phi) is 10.7. The molecule has 1 saturated heterocycles. The maximum Gasteiger partial charge on any atom is 0.494 e. The van der Waals surface area contributed by atoms with E-state index >= 15 is 0 Å². The average Bonchev–Trinajstić information content (AvgIpc) is 3.33. The Morgan fingerprint density at radius 3 is 1.57 bits per heavy atom. The zero-order valence-corrected chi connectivity index (χ0v) is 27.0. The molecule has 0 unspecified atom stereocenters. The van der Waals surface area contributed by atoms with Crippen LogP contribution in [-0.4, -0.2) is 18.3 Å². The van der Waals surface area contributed by atoms with Gasteiger partial charge < -0.3 is 9.31 Å². The summed E-state index contributed by atoms with van der Waals surface area (Å²) in [5.74, 6) is 0. The molecule has 2 nitrogen and oxygen atoms in total. The summed E-state index contributed by atoms with van der Waals surface area (Å²) in [6.45, 7) is 15.5. The third-order valence-corrected chi connectivity index (χ3v) is 10.3. The molecule has 40 heavy (non-hydrogen) atoms. The Morgan fingerprint density at radius 2 is 1.05 bits per heavy atom. The fourth-order valence-electron chi connectivity index (χ4n) is 6.98. The highest BCUT2D eigenvalue weighted by molar-refractivity contribution is 6.62. The highest BCUT2D eigenvalue weighted by atomic mass is 16.7. The standard InChI is InChI=1S/C37H57BO2/c1-8-11-13-15-17-19-25-37(26-20-18-16-14-12-9-2)33-27-29(10-3)21-23-31(33)32-24-22-30(28-34(32)37)38-39-35(4,5)36(6,7)40-38/h21-24,27-28H,8-20,25-26H2,1-7H3. The van der Waals surface area contributed by atoms with Gasteiger partial charge in [0, 0.05) is 5.41 Å². The summed E-state index contributed by atoms with van der Waals surface area (Å²) in [6, 6.07) is 14.5. The minimum absolute atomic E-state index is 0.0883. The molecule has 220 valence electrons. The lowest BCUT2D eigenvalue weighted by Crippen LogP contribution is -2.41. The van der Waals surface area contributed by atoms with Gasteiger partial charge in [0.25, 0.3) is 0 Å². The van der Waals surface area contributed by atoms with Crippen LogP contribution in [0, 0.1) is 0 Å². The molecule has 2 aromatic carbocycles. The van der Waals surface area contributed by atoms with Crippen molar-refractivity contribution in [3.8, 4) is 11.1 Å². The van der Waals surface area contributed by atoms with E-state index in [1.165, 1.54) is 118 Å². The monoisotopic (exact) mass is 544 g/mol. The van der Waals surface area contributed by atoms with E-state index in [9.17, 15) is 0 Å². The van der Waals surface area contributed by atoms with Gasteiger partial charge in [0.05, 0.1) is 11.2 Å². The van der Waals surface area contributed by atoms with Gasteiger partial charge in [-0.25, -0.2) is 0 Å². The van der Waals surface area contributed by atoms with Crippen LogP contribution in [0.15, 0.2) is 36.4 Å². The lowest BCUT2D eigenvalue weighted by Gasteiger charge is -2.33. The van der Waals surface area contributed by atoms with E-state index in [-0.39, 0.29) is 23.7 Å². The lowest BCUT2D eigenvalue weighted by molar-refractivity contribution is 0.00578. The molecule has 0 amide bonds. The molecule has 2 aromatic rings. The van der Waals surface area contributed by atoms with Crippen molar-refractivity contribution in [2.45, 2.75) is 161 Å². The number of hydrogen-bond acceptors (Lipinski definition) is 2. The summed E-state index contributed by atoms with van der Waals surface area (Å²) in [5.41, 5.74) is 8.10. The molecule has 0 spiro atoms. The first kappa shape index (κ1) is 31.4. The first-order chi connectivity index (χ1) is 19.2. The van der Waals surface area contributed by atoms with Crippen molar-refractivity contribution in [2.24, 2.45) is 0 Å². The van der Waals surface area contributed by atoms with Crippen LogP contribution in [-0.2, 0) is 21.1 Å². The van der Waals surface area contributed by atoms with Crippen LogP contribution < -0.4 is 5.46 Å². The SMILES string of the molecule is CCCCCCCCC1(CCCCCCCC)c2cc(CC)ccc2-c2ccc(B3OC(C)(C)C(C)(C)O3)cc21. The highest BCUT2D eigenvalue weighted by Crippen LogP contribution is 2.54. The van der Waals surface area contributed by atoms with E-state index < -0.39 is 0 Å². The first-order valence-corrected chi connectivity index (χ1v) is 16.8. The third-order valence-electron chi connectivity index (χ3n) is 10.3. The van der Waals surface area contributed by atoms with Crippen LogP contribution in [0.3, 0.4) is 0 Å². The van der Waals surface area contributed by atoms with Crippen LogP contribution >= 0.6 is 0 Å². The number of rotatable bonds is 16. The second kappa shape index (κ2) is 13.6. The Labute approximate surface area is 247 Å². The Bertz CT molecular complexity index is 1070. The van der Waals surface area contributed by atoms with E-state index in [4.69, 9.17) is 9.31 Å². The summed E-state index contributed by atoms with van der Waals surface area (Å²) >= 11 is 0. The molecule has 1 fully saturated rings. The molecule has 2 aliphatic rings. The number of unbranched alkanes of at least 4 members (excludes halogenated alkanes) is 10. The molecule has 1 aliphatic carbocycles.